The van der Waals surface area contributed by atoms with Gasteiger partial charge in [0.25, 0.3) is 5.91 Å². The summed E-state index contributed by atoms with van der Waals surface area (Å²) in [4.78, 5) is 12.1. The minimum absolute atomic E-state index is 0. The molecule has 2 N–H and O–H groups in total. The first-order valence-corrected chi connectivity index (χ1v) is 8.48. The summed E-state index contributed by atoms with van der Waals surface area (Å²) in [6.07, 6.45) is 0. The Labute approximate surface area is 169 Å². The zero-order chi connectivity index (χ0) is 18.2. The molecule has 0 spiro atoms. The summed E-state index contributed by atoms with van der Waals surface area (Å²) >= 11 is 12.0. The molecule has 0 heterocycles. The number of nitrogens with one attached hydrogen (secondary N) is 2. The van der Waals surface area contributed by atoms with Crippen molar-refractivity contribution in [3.63, 3.8) is 0 Å². The lowest BCUT2D eigenvalue weighted by molar-refractivity contribution is 0.0953. The molecule has 2 aromatic rings. The second kappa shape index (κ2) is 11.1. The molecular formula is C18H21Cl3N2O3. The van der Waals surface area contributed by atoms with Gasteiger partial charge < -0.3 is 20.1 Å². The maximum absolute atomic E-state index is 12.1. The molecule has 0 atom stereocenters. The largest absolute Gasteiger partial charge is 0.493 e. The average molecular weight is 420 g/mol. The number of carbonyl (C=O) groups is 1. The number of halogens is 3. The molecular weight excluding hydrogens is 399 g/mol. The number of ether oxygens (including phenoxy) is 2. The van der Waals surface area contributed by atoms with Gasteiger partial charge in [-0.2, -0.15) is 0 Å². The minimum atomic E-state index is -0.166. The molecule has 0 fully saturated rings. The van der Waals surface area contributed by atoms with Crippen molar-refractivity contribution < 1.29 is 14.3 Å². The fourth-order valence-corrected chi connectivity index (χ4v) is 2.59. The number of amides is 1. The Morgan fingerprint density at radius 3 is 2.50 bits per heavy atom. The van der Waals surface area contributed by atoms with E-state index >= 15 is 0 Å². The van der Waals surface area contributed by atoms with Crippen LogP contribution in [-0.4, -0.2) is 33.2 Å². The van der Waals surface area contributed by atoms with E-state index in [2.05, 4.69) is 10.6 Å². The van der Waals surface area contributed by atoms with E-state index in [4.69, 9.17) is 32.7 Å². The van der Waals surface area contributed by atoms with Crippen molar-refractivity contribution in [2.45, 2.75) is 6.61 Å². The lowest BCUT2D eigenvalue weighted by Crippen LogP contribution is -2.30. The molecule has 0 aliphatic carbocycles. The van der Waals surface area contributed by atoms with Gasteiger partial charge in [0.15, 0.2) is 11.5 Å². The van der Waals surface area contributed by atoms with E-state index in [1.165, 1.54) is 7.11 Å². The van der Waals surface area contributed by atoms with Crippen molar-refractivity contribution in [1.82, 2.24) is 10.6 Å². The molecule has 0 aliphatic rings. The van der Waals surface area contributed by atoms with Gasteiger partial charge >= 0.3 is 0 Å². The first-order valence-electron chi connectivity index (χ1n) is 7.72. The van der Waals surface area contributed by atoms with E-state index in [0.717, 1.165) is 5.56 Å². The van der Waals surface area contributed by atoms with Gasteiger partial charge in [0.1, 0.15) is 6.61 Å². The number of likely N-dealkylation sites (N-methyl/N-ethyl adjacent to an activating group) is 1. The predicted molar refractivity (Wildman–Crippen MR) is 107 cm³/mol. The number of hydrogen-bond donors (Lipinski definition) is 2. The van der Waals surface area contributed by atoms with Gasteiger partial charge in [0, 0.05) is 34.3 Å². The molecule has 2 rings (SSSR count). The smallest absolute Gasteiger partial charge is 0.251 e. The fourth-order valence-electron chi connectivity index (χ4n) is 2.13. The molecule has 1 amide bonds. The first-order chi connectivity index (χ1) is 12.0. The summed E-state index contributed by atoms with van der Waals surface area (Å²) in [5.41, 5.74) is 1.31. The lowest BCUT2D eigenvalue weighted by atomic mass is 10.2. The van der Waals surface area contributed by atoms with Crippen LogP contribution in [0.4, 0.5) is 0 Å². The minimum Gasteiger partial charge on any atom is -0.493 e. The molecule has 5 nitrogen and oxygen atoms in total. The Bertz CT molecular complexity index is 742. The standard InChI is InChI=1S/C18H20Cl2N2O3.ClH/c1-21-7-8-22-18(23)12-4-6-16(17(9-12)24-2)25-11-13-3-5-14(19)10-15(13)20;/h3-6,9-10,21H,7-8,11H2,1-2H3,(H,22,23);1H. The lowest BCUT2D eigenvalue weighted by Gasteiger charge is -2.13. The number of hydrogen-bond acceptors (Lipinski definition) is 4. The van der Waals surface area contributed by atoms with Crippen LogP contribution in [0.1, 0.15) is 15.9 Å². The summed E-state index contributed by atoms with van der Waals surface area (Å²) in [6, 6.07) is 10.3. The van der Waals surface area contributed by atoms with Gasteiger partial charge in [0.2, 0.25) is 0 Å². The Morgan fingerprint density at radius 1 is 1.08 bits per heavy atom. The van der Waals surface area contributed by atoms with Gasteiger partial charge in [-0.15, -0.1) is 12.4 Å². The van der Waals surface area contributed by atoms with Crippen molar-refractivity contribution in [3.05, 3.63) is 57.6 Å². The van der Waals surface area contributed by atoms with Gasteiger partial charge in [0.05, 0.1) is 7.11 Å². The SMILES string of the molecule is CNCCNC(=O)c1ccc(OCc2ccc(Cl)cc2Cl)c(OC)c1.Cl. The summed E-state index contributed by atoms with van der Waals surface area (Å²) in [5.74, 6) is 0.840. The molecule has 0 saturated heterocycles. The summed E-state index contributed by atoms with van der Waals surface area (Å²) in [6.45, 7) is 1.51. The second-order valence-corrected chi connectivity index (χ2v) is 6.09. The molecule has 142 valence electrons. The van der Waals surface area contributed by atoms with Crippen LogP contribution in [0, 0.1) is 0 Å². The molecule has 0 aromatic heterocycles. The highest BCUT2D eigenvalue weighted by Crippen LogP contribution is 2.30. The maximum atomic E-state index is 12.1. The van der Waals surface area contributed by atoms with Crippen LogP contribution >= 0.6 is 35.6 Å². The van der Waals surface area contributed by atoms with Crippen molar-refractivity contribution in [2.24, 2.45) is 0 Å². The summed E-state index contributed by atoms with van der Waals surface area (Å²) in [5, 5.41) is 6.89. The van der Waals surface area contributed by atoms with E-state index in [0.29, 0.717) is 40.2 Å². The van der Waals surface area contributed by atoms with Crippen molar-refractivity contribution >= 4 is 41.5 Å². The first kappa shape index (κ1) is 22.4. The zero-order valence-electron chi connectivity index (χ0n) is 14.5. The Hall–Kier alpha value is -1.66. The topological polar surface area (TPSA) is 59.6 Å². The Morgan fingerprint density at radius 2 is 1.85 bits per heavy atom. The highest BCUT2D eigenvalue weighted by molar-refractivity contribution is 6.35. The van der Waals surface area contributed by atoms with E-state index < -0.39 is 0 Å². The van der Waals surface area contributed by atoms with Crippen LogP contribution < -0.4 is 20.1 Å². The van der Waals surface area contributed by atoms with Crippen LogP contribution in [0.25, 0.3) is 0 Å². The quantitative estimate of drug-likeness (QED) is 0.636. The molecule has 0 unspecified atom stereocenters. The van der Waals surface area contributed by atoms with Crippen molar-refractivity contribution in [1.29, 1.82) is 0 Å². The third-order valence-electron chi connectivity index (χ3n) is 3.48. The third-order valence-corrected chi connectivity index (χ3v) is 4.07. The van der Waals surface area contributed by atoms with Crippen molar-refractivity contribution in [2.75, 3.05) is 27.2 Å². The van der Waals surface area contributed by atoms with E-state index in [1.807, 2.05) is 7.05 Å². The van der Waals surface area contributed by atoms with Gasteiger partial charge in [-0.1, -0.05) is 29.3 Å². The summed E-state index contributed by atoms with van der Waals surface area (Å²) < 4.78 is 11.1. The molecule has 26 heavy (non-hydrogen) atoms. The van der Waals surface area contributed by atoms with Crippen molar-refractivity contribution in [3.8, 4) is 11.5 Å². The molecule has 0 saturated carbocycles. The van der Waals surface area contributed by atoms with Gasteiger partial charge in [-0.05, 0) is 37.4 Å². The second-order valence-electron chi connectivity index (χ2n) is 5.25. The third kappa shape index (κ3) is 6.25. The van der Waals surface area contributed by atoms with Crippen LogP contribution in [0.15, 0.2) is 36.4 Å². The highest BCUT2D eigenvalue weighted by Gasteiger charge is 2.12. The number of carbonyl (C=O) groups excluding carboxylic acids is 1. The van der Waals surface area contributed by atoms with Crippen LogP contribution in [-0.2, 0) is 6.61 Å². The zero-order valence-corrected chi connectivity index (χ0v) is 16.8. The molecule has 8 heteroatoms. The Kier molecular flexibility index (Phi) is 9.59. The molecule has 0 aliphatic heterocycles. The van der Waals surface area contributed by atoms with E-state index in [9.17, 15) is 4.79 Å². The average Bonchev–Trinajstić information content (AvgIpc) is 2.61. The molecule has 2 aromatic carbocycles. The van der Waals surface area contributed by atoms with Crippen LogP contribution in [0.5, 0.6) is 11.5 Å². The number of rotatable bonds is 8. The monoisotopic (exact) mass is 418 g/mol. The molecule has 0 bridgehead atoms. The van der Waals surface area contributed by atoms with Crippen LogP contribution in [0.3, 0.4) is 0 Å². The Balaban J connectivity index is 0.00000338. The van der Waals surface area contributed by atoms with E-state index in [1.54, 1.807) is 36.4 Å². The maximum Gasteiger partial charge on any atom is 0.251 e. The fraction of sp³-hybridized carbons (Fsp3) is 0.278. The number of benzene rings is 2. The normalized spacial score (nSPS) is 10.0. The number of methoxy groups -OCH3 is 1. The van der Waals surface area contributed by atoms with Gasteiger partial charge in [-0.3, -0.25) is 4.79 Å². The predicted octanol–water partition coefficient (Wildman–Crippen LogP) is 3.95. The molecule has 0 radical (unpaired) electrons. The summed E-state index contributed by atoms with van der Waals surface area (Å²) in [7, 11) is 3.36. The van der Waals surface area contributed by atoms with E-state index in [-0.39, 0.29) is 24.9 Å². The van der Waals surface area contributed by atoms with Gasteiger partial charge in [-0.25, -0.2) is 0 Å². The highest BCUT2D eigenvalue weighted by atomic mass is 35.5. The van der Waals surface area contributed by atoms with Crippen LogP contribution in [0.2, 0.25) is 10.0 Å².